The molecule has 0 aliphatic rings. The van der Waals surface area contributed by atoms with Gasteiger partial charge >= 0.3 is 0 Å². The van der Waals surface area contributed by atoms with Crippen molar-refractivity contribution in [1.29, 1.82) is 0 Å². The standard InChI is InChI=1S/C25H18ClFN4O3/c26-19-5-1-2-6-21(19)31-25(33)24-20(29-31)12-23(32)30(14-16-4-3-11-28-13-16)22(24)15-34-18-9-7-17(27)8-10-18/h1-13,29H,14-15H2. The van der Waals surface area contributed by atoms with E-state index >= 15 is 0 Å². The van der Waals surface area contributed by atoms with Gasteiger partial charge in [-0.15, -0.1) is 0 Å². The number of para-hydroxylation sites is 1. The summed E-state index contributed by atoms with van der Waals surface area (Å²) in [6.45, 7) is 0.107. The number of hydrogen-bond donors (Lipinski definition) is 1. The van der Waals surface area contributed by atoms with Gasteiger partial charge in [-0.05, 0) is 48.0 Å². The molecule has 0 bridgehead atoms. The molecule has 0 fully saturated rings. The van der Waals surface area contributed by atoms with Crippen LogP contribution in [0.25, 0.3) is 16.6 Å². The number of benzene rings is 2. The highest BCUT2D eigenvalue weighted by Gasteiger charge is 2.19. The van der Waals surface area contributed by atoms with Crippen molar-refractivity contribution in [1.82, 2.24) is 19.3 Å². The van der Waals surface area contributed by atoms with Crippen molar-refractivity contribution in [2.75, 3.05) is 0 Å². The predicted molar refractivity (Wildman–Crippen MR) is 127 cm³/mol. The van der Waals surface area contributed by atoms with Crippen LogP contribution in [0.3, 0.4) is 0 Å². The number of nitrogens with zero attached hydrogens (tertiary/aromatic N) is 3. The van der Waals surface area contributed by atoms with Gasteiger partial charge in [-0.1, -0.05) is 29.8 Å². The highest BCUT2D eigenvalue weighted by molar-refractivity contribution is 6.32. The van der Waals surface area contributed by atoms with E-state index in [1.54, 1.807) is 42.7 Å². The van der Waals surface area contributed by atoms with Crippen molar-refractivity contribution in [2.24, 2.45) is 0 Å². The fraction of sp³-hybridized carbons (Fsp3) is 0.0800. The monoisotopic (exact) mass is 476 g/mol. The van der Waals surface area contributed by atoms with Gasteiger partial charge in [0.05, 0.1) is 33.9 Å². The summed E-state index contributed by atoms with van der Waals surface area (Å²) in [5.74, 6) is 0.0111. The zero-order valence-corrected chi connectivity index (χ0v) is 18.5. The molecular weight excluding hydrogens is 459 g/mol. The third kappa shape index (κ3) is 4.11. The Morgan fingerprint density at radius 1 is 1.03 bits per heavy atom. The first-order valence-electron chi connectivity index (χ1n) is 10.4. The minimum Gasteiger partial charge on any atom is -0.487 e. The van der Waals surface area contributed by atoms with E-state index in [2.05, 4.69) is 10.1 Å². The van der Waals surface area contributed by atoms with E-state index in [0.717, 1.165) is 5.56 Å². The second-order valence-corrected chi connectivity index (χ2v) is 8.02. The van der Waals surface area contributed by atoms with E-state index in [0.29, 0.717) is 33.1 Å². The molecule has 0 unspecified atom stereocenters. The highest BCUT2D eigenvalue weighted by Crippen LogP contribution is 2.22. The van der Waals surface area contributed by atoms with Crippen LogP contribution in [-0.2, 0) is 13.2 Å². The smallest absolute Gasteiger partial charge is 0.281 e. The Morgan fingerprint density at radius 2 is 1.82 bits per heavy atom. The van der Waals surface area contributed by atoms with E-state index in [1.807, 2.05) is 6.07 Å². The molecule has 5 rings (SSSR count). The lowest BCUT2D eigenvalue weighted by atomic mass is 10.2. The first-order valence-corrected chi connectivity index (χ1v) is 10.8. The third-order valence-electron chi connectivity index (χ3n) is 5.41. The van der Waals surface area contributed by atoms with E-state index in [4.69, 9.17) is 16.3 Å². The zero-order chi connectivity index (χ0) is 23.7. The lowest BCUT2D eigenvalue weighted by molar-refractivity contribution is 0.295. The number of H-pyrrole nitrogens is 1. The molecule has 3 aromatic heterocycles. The summed E-state index contributed by atoms with van der Waals surface area (Å²) in [7, 11) is 0. The number of rotatable bonds is 6. The maximum atomic E-state index is 13.5. The maximum absolute atomic E-state index is 13.5. The van der Waals surface area contributed by atoms with Gasteiger partial charge in [0.15, 0.2) is 0 Å². The molecule has 0 radical (unpaired) electrons. The SMILES string of the molecule is O=c1c2c(COc3ccc(F)cc3)n(Cc3cccnc3)c(=O)cc2[nH]n1-c1ccccc1Cl. The lowest BCUT2D eigenvalue weighted by Crippen LogP contribution is -2.26. The summed E-state index contributed by atoms with van der Waals surface area (Å²) in [6, 6.07) is 17.4. The van der Waals surface area contributed by atoms with Crippen molar-refractivity contribution in [2.45, 2.75) is 13.2 Å². The Labute approximate surface area is 197 Å². The minimum absolute atomic E-state index is 0.0892. The fourth-order valence-electron chi connectivity index (χ4n) is 3.79. The largest absolute Gasteiger partial charge is 0.487 e. The second-order valence-electron chi connectivity index (χ2n) is 7.61. The summed E-state index contributed by atoms with van der Waals surface area (Å²) >= 11 is 6.31. The topological polar surface area (TPSA) is 81.9 Å². The van der Waals surface area contributed by atoms with Gasteiger partial charge in [-0.2, -0.15) is 0 Å². The van der Waals surface area contributed by atoms with Crippen LogP contribution < -0.4 is 15.9 Å². The Bertz CT molecular complexity index is 1590. The van der Waals surface area contributed by atoms with Crippen molar-refractivity contribution in [3.05, 3.63) is 122 Å². The van der Waals surface area contributed by atoms with Crippen LogP contribution >= 0.6 is 11.6 Å². The van der Waals surface area contributed by atoms with Gasteiger partial charge in [-0.25, -0.2) is 9.07 Å². The number of aromatic amines is 1. The average Bonchev–Trinajstić information content (AvgIpc) is 3.16. The molecule has 34 heavy (non-hydrogen) atoms. The molecule has 0 aliphatic heterocycles. The molecule has 5 aromatic rings. The quantitative estimate of drug-likeness (QED) is 0.396. The molecule has 9 heteroatoms. The molecule has 0 spiro atoms. The van der Waals surface area contributed by atoms with E-state index in [-0.39, 0.29) is 24.3 Å². The van der Waals surface area contributed by atoms with Crippen LogP contribution in [-0.4, -0.2) is 19.3 Å². The van der Waals surface area contributed by atoms with Crippen molar-refractivity contribution >= 4 is 22.5 Å². The maximum Gasteiger partial charge on any atom is 0.281 e. The Balaban J connectivity index is 1.68. The lowest BCUT2D eigenvalue weighted by Gasteiger charge is -2.14. The summed E-state index contributed by atoms with van der Waals surface area (Å²) in [4.78, 5) is 30.7. The Kier molecular flexibility index (Phi) is 5.73. The van der Waals surface area contributed by atoms with E-state index in [9.17, 15) is 14.0 Å². The van der Waals surface area contributed by atoms with Gasteiger partial charge in [0.25, 0.3) is 11.1 Å². The number of pyridine rings is 2. The summed E-state index contributed by atoms with van der Waals surface area (Å²) in [5, 5.41) is 3.67. The van der Waals surface area contributed by atoms with Crippen LogP contribution in [0, 0.1) is 5.82 Å². The molecule has 3 heterocycles. The van der Waals surface area contributed by atoms with Crippen LogP contribution in [0.15, 0.2) is 88.7 Å². The number of ether oxygens (including phenoxy) is 1. The van der Waals surface area contributed by atoms with Crippen molar-refractivity contribution in [3.8, 4) is 11.4 Å². The summed E-state index contributed by atoms with van der Waals surface area (Å²) in [6.07, 6.45) is 3.29. The summed E-state index contributed by atoms with van der Waals surface area (Å²) in [5.41, 5.74) is 1.29. The fourth-order valence-corrected chi connectivity index (χ4v) is 4.01. The molecule has 0 saturated carbocycles. The molecule has 0 saturated heterocycles. The van der Waals surface area contributed by atoms with Gasteiger partial charge < -0.3 is 9.30 Å². The molecule has 1 N–H and O–H groups in total. The minimum atomic E-state index is -0.392. The van der Waals surface area contributed by atoms with Gasteiger partial charge in [-0.3, -0.25) is 19.7 Å². The van der Waals surface area contributed by atoms with Crippen molar-refractivity contribution < 1.29 is 9.13 Å². The van der Waals surface area contributed by atoms with E-state index in [1.165, 1.54) is 39.6 Å². The number of fused-ring (bicyclic) bond motifs is 1. The van der Waals surface area contributed by atoms with Gasteiger partial charge in [0.2, 0.25) is 0 Å². The second kappa shape index (κ2) is 8.99. The zero-order valence-electron chi connectivity index (χ0n) is 17.7. The molecule has 0 atom stereocenters. The van der Waals surface area contributed by atoms with Crippen LogP contribution in [0.5, 0.6) is 5.75 Å². The van der Waals surface area contributed by atoms with Crippen LogP contribution in [0.4, 0.5) is 4.39 Å². The first-order chi connectivity index (χ1) is 16.5. The number of nitrogens with one attached hydrogen (secondary N) is 1. The summed E-state index contributed by atoms with van der Waals surface area (Å²) < 4.78 is 21.9. The molecule has 0 amide bonds. The molecule has 7 nitrogen and oxygen atoms in total. The molecule has 0 aliphatic carbocycles. The third-order valence-corrected chi connectivity index (χ3v) is 5.73. The van der Waals surface area contributed by atoms with Gasteiger partial charge in [0.1, 0.15) is 18.2 Å². The Hall–Kier alpha value is -4.17. The number of hydrogen-bond acceptors (Lipinski definition) is 4. The Morgan fingerprint density at radius 3 is 2.56 bits per heavy atom. The normalized spacial score (nSPS) is 11.1. The average molecular weight is 477 g/mol. The van der Waals surface area contributed by atoms with E-state index < -0.39 is 5.82 Å². The number of halogens is 2. The molecular formula is C25H18ClFN4O3. The number of aromatic nitrogens is 4. The molecule has 2 aromatic carbocycles. The van der Waals surface area contributed by atoms with Gasteiger partial charge in [0, 0.05) is 18.5 Å². The van der Waals surface area contributed by atoms with Crippen molar-refractivity contribution in [3.63, 3.8) is 0 Å². The molecule has 170 valence electrons. The highest BCUT2D eigenvalue weighted by atomic mass is 35.5. The van der Waals surface area contributed by atoms with Crippen LogP contribution in [0.1, 0.15) is 11.3 Å². The van der Waals surface area contributed by atoms with Crippen LogP contribution in [0.2, 0.25) is 5.02 Å². The first kappa shape index (κ1) is 21.7. The predicted octanol–water partition coefficient (Wildman–Crippen LogP) is 4.30.